The number of rotatable bonds is 7. The van der Waals surface area contributed by atoms with E-state index in [1.807, 2.05) is 30.3 Å². The standard InChI is InChI=1S/C17H22N2O/c1-2-3-13-20-16-11-9-15(10-12-16)17(19-18)14-7-5-4-6-8-14/h4-12,17,19H,2-3,13,18H2,1H3. The van der Waals surface area contributed by atoms with Crippen LogP contribution < -0.4 is 16.0 Å². The zero-order chi connectivity index (χ0) is 14.2. The Kier molecular flexibility index (Phi) is 5.59. The normalized spacial score (nSPS) is 12.1. The van der Waals surface area contributed by atoms with Gasteiger partial charge in [-0.05, 0) is 29.7 Å². The van der Waals surface area contributed by atoms with E-state index in [-0.39, 0.29) is 6.04 Å². The third kappa shape index (κ3) is 3.83. The Morgan fingerprint density at radius 3 is 2.25 bits per heavy atom. The molecule has 0 spiro atoms. The van der Waals surface area contributed by atoms with Crippen LogP contribution in [0.2, 0.25) is 0 Å². The van der Waals surface area contributed by atoms with Gasteiger partial charge in [0.15, 0.2) is 0 Å². The van der Waals surface area contributed by atoms with Crippen LogP contribution in [0.25, 0.3) is 0 Å². The third-order valence-corrected chi connectivity index (χ3v) is 3.28. The number of hydrazine groups is 1. The lowest BCUT2D eigenvalue weighted by molar-refractivity contribution is 0.309. The van der Waals surface area contributed by atoms with Crippen LogP contribution in [0.1, 0.15) is 36.9 Å². The Hall–Kier alpha value is -1.84. The molecule has 0 aliphatic rings. The Morgan fingerprint density at radius 2 is 1.65 bits per heavy atom. The van der Waals surface area contributed by atoms with Gasteiger partial charge in [0.05, 0.1) is 12.6 Å². The number of nitrogens with two attached hydrogens (primary N) is 1. The lowest BCUT2D eigenvalue weighted by Gasteiger charge is -2.17. The molecule has 106 valence electrons. The Labute approximate surface area is 120 Å². The van der Waals surface area contributed by atoms with Gasteiger partial charge in [0.2, 0.25) is 0 Å². The van der Waals surface area contributed by atoms with Crippen molar-refractivity contribution >= 4 is 0 Å². The van der Waals surface area contributed by atoms with Crippen molar-refractivity contribution in [3.05, 3.63) is 65.7 Å². The molecule has 2 aromatic rings. The van der Waals surface area contributed by atoms with E-state index in [2.05, 4.69) is 36.6 Å². The quantitative estimate of drug-likeness (QED) is 0.460. The molecule has 1 unspecified atom stereocenters. The van der Waals surface area contributed by atoms with Crippen molar-refractivity contribution in [2.75, 3.05) is 6.61 Å². The molecule has 0 amide bonds. The maximum absolute atomic E-state index is 5.69. The smallest absolute Gasteiger partial charge is 0.119 e. The molecule has 3 heteroatoms. The maximum Gasteiger partial charge on any atom is 0.119 e. The molecule has 2 aromatic carbocycles. The van der Waals surface area contributed by atoms with Gasteiger partial charge in [-0.3, -0.25) is 5.84 Å². The van der Waals surface area contributed by atoms with Crippen molar-refractivity contribution in [2.24, 2.45) is 5.84 Å². The van der Waals surface area contributed by atoms with E-state index >= 15 is 0 Å². The zero-order valence-corrected chi connectivity index (χ0v) is 11.9. The van der Waals surface area contributed by atoms with E-state index in [0.717, 1.165) is 36.3 Å². The van der Waals surface area contributed by atoms with Crippen molar-refractivity contribution in [1.82, 2.24) is 5.43 Å². The third-order valence-electron chi connectivity index (χ3n) is 3.28. The molecule has 0 aliphatic heterocycles. The predicted octanol–water partition coefficient (Wildman–Crippen LogP) is 3.42. The molecule has 0 radical (unpaired) electrons. The number of nitrogens with one attached hydrogen (secondary N) is 1. The monoisotopic (exact) mass is 270 g/mol. The van der Waals surface area contributed by atoms with Crippen LogP contribution in [0.4, 0.5) is 0 Å². The highest BCUT2D eigenvalue weighted by molar-refractivity contribution is 5.35. The van der Waals surface area contributed by atoms with Crippen LogP contribution in [-0.2, 0) is 0 Å². The number of unbranched alkanes of at least 4 members (excludes halogenated alkanes) is 1. The van der Waals surface area contributed by atoms with E-state index in [1.54, 1.807) is 0 Å². The van der Waals surface area contributed by atoms with E-state index in [0.29, 0.717) is 0 Å². The van der Waals surface area contributed by atoms with Gasteiger partial charge in [-0.1, -0.05) is 55.8 Å². The van der Waals surface area contributed by atoms with Gasteiger partial charge >= 0.3 is 0 Å². The summed E-state index contributed by atoms with van der Waals surface area (Å²) in [6, 6.07) is 18.3. The summed E-state index contributed by atoms with van der Waals surface area (Å²) in [7, 11) is 0. The summed E-state index contributed by atoms with van der Waals surface area (Å²) in [6.45, 7) is 2.93. The summed E-state index contributed by atoms with van der Waals surface area (Å²) in [5.41, 5.74) is 5.14. The minimum Gasteiger partial charge on any atom is -0.494 e. The van der Waals surface area contributed by atoms with Gasteiger partial charge in [-0.25, -0.2) is 5.43 Å². The van der Waals surface area contributed by atoms with Gasteiger partial charge in [0.25, 0.3) is 0 Å². The zero-order valence-electron chi connectivity index (χ0n) is 11.9. The highest BCUT2D eigenvalue weighted by Crippen LogP contribution is 2.23. The average molecular weight is 270 g/mol. The second kappa shape index (κ2) is 7.68. The molecule has 0 heterocycles. The van der Waals surface area contributed by atoms with Gasteiger partial charge in [0.1, 0.15) is 5.75 Å². The molecular formula is C17H22N2O. The molecule has 1 atom stereocenters. The summed E-state index contributed by atoms with van der Waals surface area (Å²) in [4.78, 5) is 0. The molecule has 0 aliphatic carbocycles. The fourth-order valence-electron chi connectivity index (χ4n) is 2.12. The van der Waals surface area contributed by atoms with E-state index in [4.69, 9.17) is 10.6 Å². The molecule has 3 N–H and O–H groups in total. The van der Waals surface area contributed by atoms with Gasteiger partial charge in [0, 0.05) is 0 Å². The Balaban J connectivity index is 2.08. The molecule has 0 aromatic heterocycles. The first-order valence-electron chi connectivity index (χ1n) is 7.09. The molecular weight excluding hydrogens is 248 g/mol. The van der Waals surface area contributed by atoms with E-state index in [1.165, 1.54) is 0 Å². The second-order valence-corrected chi connectivity index (χ2v) is 4.78. The van der Waals surface area contributed by atoms with Crippen LogP contribution in [-0.4, -0.2) is 6.61 Å². The first kappa shape index (κ1) is 14.6. The average Bonchev–Trinajstić information content (AvgIpc) is 2.51. The number of ether oxygens (including phenoxy) is 1. The highest BCUT2D eigenvalue weighted by Gasteiger charge is 2.11. The van der Waals surface area contributed by atoms with E-state index < -0.39 is 0 Å². The second-order valence-electron chi connectivity index (χ2n) is 4.78. The highest BCUT2D eigenvalue weighted by atomic mass is 16.5. The predicted molar refractivity (Wildman–Crippen MR) is 82.5 cm³/mol. The van der Waals surface area contributed by atoms with Crippen molar-refractivity contribution in [2.45, 2.75) is 25.8 Å². The van der Waals surface area contributed by atoms with Crippen LogP contribution in [0.5, 0.6) is 5.75 Å². The number of hydrogen-bond donors (Lipinski definition) is 2. The van der Waals surface area contributed by atoms with Crippen molar-refractivity contribution < 1.29 is 4.74 Å². The fraction of sp³-hybridized carbons (Fsp3) is 0.294. The molecule has 3 nitrogen and oxygen atoms in total. The Bertz CT molecular complexity index is 496. The summed E-state index contributed by atoms with van der Waals surface area (Å²) in [6.07, 6.45) is 2.23. The largest absolute Gasteiger partial charge is 0.494 e. The SMILES string of the molecule is CCCCOc1ccc(C(NN)c2ccccc2)cc1. The molecule has 0 fully saturated rings. The summed E-state index contributed by atoms with van der Waals surface area (Å²) < 4.78 is 5.67. The lowest BCUT2D eigenvalue weighted by atomic mass is 9.99. The minimum absolute atomic E-state index is 0.000826. The summed E-state index contributed by atoms with van der Waals surface area (Å²) >= 11 is 0. The lowest BCUT2D eigenvalue weighted by Crippen LogP contribution is -2.28. The van der Waals surface area contributed by atoms with E-state index in [9.17, 15) is 0 Å². The van der Waals surface area contributed by atoms with Crippen molar-refractivity contribution in [1.29, 1.82) is 0 Å². The van der Waals surface area contributed by atoms with Crippen molar-refractivity contribution in [3.8, 4) is 5.75 Å². The maximum atomic E-state index is 5.69. The molecule has 2 rings (SSSR count). The Morgan fingerprint density at radius 1 is 1.00 bits per heavy atom. The first-order valence-corrected chi connectivity index (χ1v) is 7.09. The summed E-state index contributed by atoms with van der Waals surface area (Å²) in [5.74, 6) is 6.60. The molecule has 0 bridgehead atoms. The summed E-state index contributed by atoms with van der Waals surface area (Å²) in [5, 5.41) is 0. The fourth-order valence-corrected chi connectivity index (χ4v) is 2.12. The van der Waals surface area contributed by atoms with Crippen molar-refractivity contribution in [3.63, 3.8) is 0 Å². The van der Waals surface area contributed by atoms with Crippen LogP contribution in [0.3, 0.4) is 0 Å². The van der Waals surface area contributed by atoms with Gasteiger partial charge in [-0.15, -0.1) is 0 Å². The minimum atomic E-state index is 0.000826. The number of hydrogen-bond acceptors (Lipinski definition) is 3. The van der Waals surface area contributed by atoms with Crippen LogP contribution in [0, 0.1) is 0 Å². The topological polar surface area (TPSA) is 47.3 Å². The van der Waals surface area contributed by atoms with Crippen LogP contribution >= 0.6 is 0 Å². The van der Waals surface area contributed by atoms with Crippen LogP contribution in [0.15, 0.2) is 54.6 Å². The van der Waals surface area contributed by atoms with Gasteiger partial charge < -0.3 is 4.74 Å². The molecule has 20 heavy (non-hydrogen) atoms. The molecule has 0 saturated carbocycles. The molecule has 0 saturated heterocycles. The number of benzene rings is 2. The first-order chi connectivity index (χ1) is 9.85. The van der Waals surface area contributed by atoms with Gasteiger partial charge in [-0.2, -0.15) is 0 Å².